The van der Waals surface area contributed by atoms with Gasteiger partial charge in [-0.25, -0.2) is 0 Å². The summed E-state index contributed by atoms with van der Waals surface area (Å²) in [5.41, 5.74) is 5.40. The summed E-state index contributed by atoms with van der Waals surface area (Å²) in [5.74, 6) is 0.219. The minimum atomic E-state index is -0.166. The minimum Gasteiger partial charge on any atom is -0.400 e. The van der Waals surface area contributed by atoms with E-state index in [-0.39, 0.29) is 48.7 Å². The van der Waals surface area contributed by atoms with Gasteiger partial charge in [-0.2, -0.15) is 0 Å². The maximum atomic E-state index is 11.7. The van der Waals surface area contributed by atoms with Crippen molar-refractivity contribution in [3.8, 4) is 0 Å². The van der Waals surface area contributed by atoms with Crippen molar-refractivity contribution in [1.29, 1.82) is 0 Å². The van der Waals surface area contributed by atoms with Crippen molar-refractivity contribution in [1.82, 2.24) is 15.1 Å². The predicted molar refractivity (Wildman–Crippen MR) is 178 cm³/mol. The third-order valence-electron chi connectivity index (χ3n) is 6.85. The zero-order chi connectivity index (χ0) is 35.0. The molecule has 0 spiro atoms. The van der Waals surface area contributed by atoms with Crippen molar-refractivity contribution < 1.29 is 33.8 Å². The number of likely N-dealkylation sites (tertiary alicyclic amines) is 1. The predicted octanol–water partition coefficient (Wildman–Crippen LogP) is 3.54. The van der Waals surface area contributed by atoms with Crippen LogP contribution < -0.4 is 11.1 Å². The molecule has 0 aromatic rings. The highest BCUT2D eigenvalue weighted by molar-refractivity contribution is 5.78. The summed E-state index contributed by atoms with van der Waals surface area (Å²) in [7, 11) is 7.85. The summed E-state index contributed by atoms with van der Waals surface area (Å²) < 4.78 is 10.8. The Bertz CT molecular complexity index is 625. The Morgan fingerprint density at radius 2 is 1.53 bits per heavy atom. The van der Waals surface area contributed by atoms with Crippen LogP contribution >= 0.6 is 0 Å². The zero-order valence-electron chi connectivity index (χ0n) is 30.1. The summed E-state index contributed by atoms with van der Waals surface area (Å²) in [6.07, 6.45) is 7.59. The number of nitrogens with two attached hydrogens (primary N) is 1. The molecule has 1 heterocycles. The molecule has 1 fully saturated rings. The number of nitrogens with one attached hydrogen (secondary N) is 1. The van der Waals surface area contributed by atoms with Crippen molar-refractivity contribution in [3.05, 3.63) is 0 Å². The van der Waals surface area contributed by atoms with Crippen LogP contribution in [0.2, 0.25) is 0 Å². The van der Waals surface area contributed by atoms with Gasteiger partial charge in [-0.3, -0.25) is 9.59 Å². The molecule has 0 bridgehead atoms. The van der Waals surface area contributed by atoms with Crippen LogP contribution in [0.1, 0.15) is 94.4 Å². The van der Waals surface area contributed by atoms with Crippen LogP contribution in [0.25, 0.3) is 0 Å². The number of rotatable bonds is 14. The maximum absolute atomic E-state index is 11.7. The normalized spacial score (nSPS) is 17.2. The number of amides is 2. The first-order valence-electron chi connectivity index (χ1n) is 15.7. The van der Waals surface area contributed by atoms with Crippen LogP contribution in [0.5, 0.6) is 0 Å². The number of hydrogen-bond acceptors (Lipinski definition) is 9. The van der Waals surface area contributed by atoms with Crippen LogP contribution in [-0.2, 0) is 28.7 Å². The van der Waals surface area contributed by atoms with E-state index in [2.05, 4.69) is 39.9 Å². The van der Waals surface area contributed by atoms with E-state index in [9.17, 15) is 19.2 Å². The van der Waals surface area contributed by atoms with E-state index in [1.165, 1.54) is 6.42 Å². The Balaban J connectivity index is -0.000000161. The van der Waals surface area contributed by atoms with Gasteiger partial charge >= 0.3 is 0 Å². The second-order valence-corrected chi connectivity index (χ2v) is 9.94. The fourth-order valence-corrected chi connectivity index (χ4v) is 4.26. The number of aliphatic hydroxyl groups excluding tert-OH is 1. The van der Waals surface area contributed by atoms with Gasteiger partial charge in [0.15, 0.2) is 0 Å². The van der Waals surface area contributed by atoms with E-state index in [0.717, 1.165) is 58.3 Å². The van der Waals surface area contributed by atoms with Crippen molar-refractivity contribution in [2.24, 2.45) is 17.6 Å². The van der Waals surface area contributed by atoms with Crippen LogP contribution in [-0.4, -0.2) is 119 Å². The number of carbonyl (C=O) groups is 4. The highest BCUT2D eigenvalue weighted by Crippen LogP contribution is 2.24. The average Bonchev–Trinajstić information content (AvgIpc) is 3.53. The van der Waals surface area contributed by atoms with Gasteiger partial charge in [-0.1, -0.05) is 68.2 Å². The maximum Gasteiger partial charge on any atom is 0.236 e. The van der Waals surface area contributed by atoms with Gasteiger partial charge in [0.1, 0.15) is 12.6 Å². The molecule has 1 saturated heterocycles. The zero-order valence-corrected chi connectivity index (χ0v) is 30.1. The SMILES string of the molecule is CC.CCC.CCC(C)C(C(CC)OC)N(C)C(=O)CN.CN[C@@H](C)C=O.CO.COC(C(C)C=O)C1CCCN1C=O. The summed E-state index contributed by atoms with van der Waals surface area (Å²) in [6, 6.07) is 0.179. The molecule has 0 radical (unpaired) electrons. The first kappa shape index (κ1) is 50.7. The molecule has 1 aliphatic rings. The summed E-state index contributed by atoms with van der Waals surface area (Å²) >= 11 is 0. The highest BCUT2D eigenvalue weighted by atomic mass is 16.5. The number of hydrogen-bond donors (Lipinski definition) is 3. The van der Waals surface area contributed by atoms with Gasteiger partial charge in [0.05, 0.1) is 36.9 Å². The van der Waals surface area contributed by atoms with Crippen LogP contribution in [0, 0.1) is 11.8 Å². The molecule has 260 valence electrons. The number of methoxy groups -OCH3 is 2. The van der Waals surface area contributed by atoms with Crippen molar-refractivity contribution in [2.45, 2.75) is 125 Å². The van der Waals surface area contributed by atoms with Crippen LogP contribution in [0.15, 0.2) is 0 Å². The third kappa shape index (κ3) is 23.2. The monoisotopic (exact) mass is 623 g/mol. The Kier molecular flexibility index (Phi) is 42.8. The molecule has 0 saturated carbocycles. The Morgan fingerprint density at radius 3 is 1.81 bits per heavy atom. The molecular formula is C32H70N4O7. The van der Waals surface area contributed by atoms with Gasteiger partial charge < -0.3 is 45.0 Å². The van der Waals surface area contributed by atoms with Gasteiger partial charge in [0.2, 0.25) is 12.3 Å². The number of carbonyl (C=O) groups excluding carboxylic acids is 4. The lowest BCUT2D eigenvalue weighted by atomic mass is 9.91. The largest absolute Gasteiger partial charge is 0.400 e. The molecule has 0 aromatic heterocycles. The molecule has 0 aromatic carbocycles. The standard InChI is InChI=1S/C12H26N2O2.C10H17NO3.C4H9NO.C3H8.C2H6.CH4O/c1-6-9(3)12(10(7-2)16-5)14(4)11(15)8-13;1-8(6-12)10(14-2)9-4-3-5-11(9)7-13;1-4(3-6)5-2;1-3-2;2*1-2/h9-10,12H,6-8,13H2,1-5H3;6-10H,3-5H2,1-2H3;3-5H,1-2H3;3H2,1-2H3;1-2H3;2H,1H3/t;;4-;;;/m..0.../s1. The topological polar surface area (TPSA) is 152 Å². The lowest BCUT2D eigenvalue weighted by Gasteiger charge is -2.37. The van der Waals surface area contributed by atoms with Crippen LogP contribution in [0.3, 0.4) is 0 Å². The molecule has 1 rings (SSSR count). The number of aliphatic hydroxyl groups is 1. The summed E-state index contributed by atoms with van der Waals surface area (Å²) in [5, 5.41) is 9.75. The number of nitrogens with zero attached hydrogens (tertiary/aromatic N) is 2. The molecule has 1 aliphatic heterocycles. The molecule has 0 aliphatic carbocycles. The van der Waals surface area contributed by atoms with Gasteiger partial charge in [-0.05, 0) is 39.2 Å². The smallest absolute Gasteiger partial charge is 0.236 e. The lowest BCUT2D eigenvalue weighted by molar-refractivity contribution is -0.135. The first-order valence-corrected chi connectivity index (χ1v) is 15.7. The highest BCUT2D eigenvalue weighted by Gasteiger charge is 2.34. The average molecular weight is 623 g/mol. The lowest BCUT2D eigenvalue weighted by Crippen LogP contribution is -2.50. The second-order valence-electron chi connectivity index (χ2n) is 9.94. The number of likely N-dealkylation sites (N-methyl/N-ethyl adjacent to an activating group) is 2. The molecule has 7 atom stereocenters. The van der Waals surface area contributed by atoms with Gasteiger partial charge in [-0.15, -0.1) is 0 Å². The van der Waals surface area contributed by atoms with E-state index < -0.39 is 0 Å². The summed E-state index contributed by atoms with van der Waals surface area (Å²) in [4.78, 5) is 46.2. The van der Waals surface area contributed by atoms with E-state index in [1.807, 2.05) is 27.8 Å². The molecule has 11 nitrogen and oxygen atoms in total. The third-order valence-corrected chi connectivity index (χ3v) is 6.85. The fraction of sp³-hybridized carbons (Fsp3) is 0.875. The summed E-state index contributed by atoms with van der Waals surface area (Å²) in [6.45, 7) is 19.1. The van der Waals surface area contributed by atoms with Gasteiger partial charge in [0, 0.05) is 40.8 Å². The van der Waals surface area contributed by atoms with Crippen LogP contribution in [0.4, 0.5) is 0 Å². The van der Waals surface area contributed by atoms with E-state index in [1.54, 1.807) is 38.0 Å². The molecule has 11 heteroatoms. The minimum absolute atomic E-state index is 0.00463. The molecule has 6 unspecified atom stereocenters. The van der Waals surface area contributed by atoms with E-state index >= 15 is 0 Å². The number of aldehydes is 2. The fourth-order valence-electron chi connectivity index (χ4n) is 4.26. The molecule has 2 amide bonds. The van der Waals surface area contributed by atoms with Crippen molar-refractivity contribution >= 4 is 24.9 Å². The first-order chi connectivity index (χ1) is 20.5. The Labute approximate surface area is 264 Å². The Hall–Kier alpha value is -1.92. The van der Waals surface area contributed by atoms with E-state index in [4.69, 9.17) is 20.3 Å². The van der Waals surface area contributed by atoms with Crippen molar-refractivity contribution in [2.75, 3.05) is 48.5 Å². The molecular weight excluding hydrogens is 552 g/mol. The number of ether oxygens (including phenoxy) is 2. The van der Waals surface area contributed by atoms with E-state index in [0.29, 0.717) is 5.92 Å². The Morgan fingerprint density at radius 1 is 1.02 bits per heavy atom. The second kappa shape index (κ2) is 36.3. The van der Waals surface area contributed by atoms with Crippen molar-refractivity contribution in [3.63, 3.8) is 0 Å². The quantitative estimate of drug-likeness (QED) is 0.247. The van der Waals surface area contributed by atoms with Gasteiger partial charge in [0.25, 0.3) is 0 Å². The molecule has 4 N–H and O–H groups in total. The molecule has 43 heavy (non-hydrogen) atoms.